The summed E-state index contributed by atoms with van der Waals surface area (Å²) in [4.78, 5) is 24.6. The fourth-order valence-corrected chi connectivity index (χ4v) is 12.8. The van der Waals surface area contributed by atoms with Crippen LogP contribution in [0, 0.1) is 0 Å². The first kappa shape index (κ1) is 86.1. The number of hydrogen-bond donors (Lipinski definition) is 3. The SMILES string of the molecule is CCCCC/C=C\CCCCCCCC(=O)OCCCCCCCCCCCCCCCCC/C=C\C/C=C\CCCCCCCCCCCCCCCCCCCC(=O)NC(CO)C(O)CCCCCCCCCCCCCCCCCCCCCC. The predicted molar refractivity (Wildman–Crippen MR) is 389 cm³/mol. The maximum Gasteiger partial charge on any atom is 0.305 e. The molecule has 0 aromatic rings. The number of unbranched alkanes of at least 4 members (excludes halogenated alkanes) is 59. The molecule has 0 aromatic carbocycles. The third kappa shape index (κ3) is 73.1. The van der Waals surface area contributed by atoms with Gasteiger partial charge >= 0.3 is 5.97 Å². The van der Waals surface area contributed by atoms with Gasteiger partial charge in [-0.25, -0.2) is 0 Å². The van der Waals surface area contributed by atoms with Gasteiger partial charge in [0.05, 0.1) is 25.4 Å². The Morgan fingerprint density at radius 3 is 0.898 bits per heavy atom. The lowest BCUT2D eigenvalue weighted by Gasteiger charge is -2.22. The van der Waals surface area contributed by atoms with Crippen molar-refractivity contribution >= 4 is 11.9 Å². The van der Waals surface area contributed by atoms with Crippen LogP contribution in [0.1, 0.15) is 450 Å². The van der Waals surface area contributed by atoms with Crippen LogP contribution < -0.4 is 5.32 Å². The molecule has 0 aromatic heterocycles. The first-order valence-electron chi connectivity index (χ1n) is 40.2. The van der Waals surface area contributed by atoms with Crippen LogP contribution in [0.4, 0.5) is 0 Å². The lowest BCUT2D eigenvalue weighted by molar-refractivity contribution is -0.143. The summed E-state index contributed by atoms with van der Waals surface area (Å²) in [6.07, 6.45) is 101. The summed E-state index contributed by atoms with van der Waals surface area (Å²) in [5, 5.41) is 23.4. The van der Waals surface area contributed by atoms with E-state index in [0.29, 0.717) is 25.9 Å². The Morgan fingerprint density at radius 1 is 0.318 bits per heavy atom. The van der Waals surface area contributed by atoms with E-state index in [1.165, 1.54) is 366 Å². The molecule has 0 spiro atoms. The Kier molecular flexibility index (Phi) is 75.8. The standard InChI is InChI=1S/C82H157NO5/c1-3-5-7-9-11-13-15-17-18-19-20-42-45-48-51-54-58-62-66-70-74-80(85)79(78-84)83-81(86)75-71-67-63-59-55-52-49-46-43-40-38-36-34-32-30-28-26-24-22-21-23-25-27-29-31-33-35-37-39-41-44-47-50-53-57-61-65-69-73-77-88-82(87)76-72-68-64-60-56-16-14-12-10-8-6-4-2/h12,14,21-22,25,27,79-80,84-85H,3-11,13,15-20,23-24,26,28-78H2,1-2H3,(H,83,86)/b14-12-,22-21-,27-25-. The number of nitrogens with one attached hydrogen (secondary N) is 1. The molecule has 0 rings (SSSR count). The van der Waals surface area contributed by atoms with Gasteiger partial charge in [-0.15, -0.1) is 0 Å². The normalized spacial score (nSPS) is 12.6. The largest absolute Gasteiger partial charge is 0.466 e. The summed E-state index contributed by atoms with van der Waals surface area (Å²) in [5.74, 6) is -0.0163. The van der Waals surface area contributed by atoms with Crippen LogP contribution in [-0.2, 0) is 14.3 Å². The number of allylic oxidation sites excluding steroid dienone is 6. The van der Waals surface area contributed by atoms with Gasteiger partial charge in [-0.2, -0.15) is 0 Å². The molecule has 88 heavy (non-hydrogen) atoms. The molecule has 1 amide bonds. The molecule has 6 heteroatoms. The van der Waals surface area contributed by atoms with E-state index in [9.17, 15) is 19.8 Å². The zero-order valence-corrected chi connectivity index (χ0v) is 59.7. The van der Waals surface area contributed by atoms with Gasteiger partial charge in [-0.05, 0) is 83.5 Å². The number of aliphatic hydroxyl groups is 2. The number of carbonyl (C=O) groups is 2. The fourth-order valence-electron chi connectivity index (χ4n) is 12.8. The summed E-state index contributed by atoms with van der Waals surface area (Å²) in [7, 11) is 0. The van der Waals surface area contributed by atoms with Gasteiger partial charge in [-0.1, -0.05) is 391 Å². The highest BCUT2D eigenvalue weighted by molar-refractivity contribution is 5.76. The van der Waals surface area contributed by atoms with Gasteiger partial charge in [0.25, 0.3) is 0 Å². The number of carbonyl (C=O) groups excluding carboxylic acids is 2. The van der Waals surface area contributed by atoms with Crippen molar-refractivity contribution in [1.29, 1.82) is 0 Å². The highest BCUT2D eigenvalue weighted by Gasteiger charge is 2.20. The monoisotopic (exact) mass is 1240 g/mol. The highest BCUT2D eigenvalue weighted by Crippen LogP contribution is 2.20. The van der Waals surface area contributed by atoms with Crippen molar-refractivity contribution in [3.63, 3.8) is 0 Å². The molecule has 0 aliphatic rings. The Bertz CT molecular complexity index is 1430. The third-order valence-corrected chi connectivity index (χ3v) is 18.9. The molecule has 2 unspecified atom stereocenters. The number of esters is 1. The molecule has 0 fully saturated rings. The fraction of sp³-hybridized carbons (Fsp3) is 0.902. The van der Waals surface area contributed by atoms with Gasteiger partial charge in [0, 0.05) is 12.8 Å². The second-order valence-electron chi connectivity index (χ2n) is 27.7. The highest BCUT2D eigenvalue weighted by atomic mass is 16.5. The number of rotatable bonds is 76. The maximum atomic E-state index is 12.6. The van der Waals surface area contributed by atoms with Crippen LogP contribution in [0.25, 0.3) is 0 Å². The van der Waals surface area contributed by atoms with Crippen LogP contribution in [-0.4, -0.2) is 47.4 Å². The molecule has 0 heterocycles. The summed E-state index contributed by atoms with van der Waals surface area (Å²) >= 11 is 0. The topological polar surface area (TPSA) is 95.9 Å². The van der Waals surface area contributed by atoms with Crippen LogP contribution >= 0.6 is 0 Å². The number of hydrogen-bond acceptors (Lipinski definition) is 5. The molecule has 6 nitrogen and oxygen atoms in total. The molecule has 0 saturated carbocycles. The van der Waals surface area contributed by atoms with Crippen molar-refractivity contribution in [2.75, 3.05) is 13.2 Å². The van der Waals surface area contributed by atoms with Crippen molar-refractivity contribution in [2.45, 2.75) is 463 Å². The van der Waals surface area contributed by atoms with E-state index in [2.05, 4.69) is 55.6 Å². The van der Waals surface area contributed by atoms with Gasteiger partial charge in [-0.3, -0.25) is 9.59 Å². The van der Waals surface area contributed by atoms with Crippen LogP contribution in [0.2, 0.25) is 0 Å². The molecule has 0 radical (unpaired) electrons. The number of amides is 1. The zero-order valence-electron chi connectivity index (χ0n) is 59.7. The molecule has 2 atom stereocenters. The molecule has 520 valence electrons. The van der Waals surface area contributed by atoms with E-state index in [4.69, 9.17) is 4.74 Å². The molecule has 3 N–H and O–H groups in total. The summed E-state index contributed by atoms with van der Waals surface area (Å²) in [6.45, 7) is 4.97. The average molecular weight is 1240 g/mol. The Balaban J connectivity index is 3.36. The second kappa shape index (κ2) is 77.5. The van der Waals surface area contributed by atoms with Crippen molar-refractivity contribution < 1.29 is 24.5 Å². The minimum atomic E-state index is -0.663. The first-order chi connectivity index (χ1) is 43.5. The minimum absolute atomic E-state index is 0.0107. The first-order valence-corrected chi connectivity index (χ1v) is 40.2. The molecule has 0 aliphatic carbocycles. The van der Waals surface area contributed by atoms with E-state index >= 15 is 0 Å². The molecule has 0 bridgehead atoms. The van der Waals surface area contributed by atoms with Crippen molar-refractivity contribution in [3.05, 3.63) is 36.5 Å². The lowest BCUT2D eigenvalue weighted by Crippen LogP contribution is -2.45. The molecular weight excluding hydrogens is 1080 g/mol. The van der Waals surface area contributed by atoms with Crippen LogP contribution in [0.15, 0.2) is 36.5 Å². The van der Waals surface area contributed by atoms with E-state index < -0.39 is 12.1 Å². The predicted octanol–water partition coefficient (Wildman–Crippen LogP) is 26.6. The molecule has 0 saturated heterocycles. The number of aliphatic hydroxyl groups excluding tert-OH is 2. The summed E-state index contributed by atoms with van der Waals surface area (Å²) in [6, 6.07) is -0.540. The van der Waals surface area contributed by atoms with Crippen molar-refractivity contribution in [1.82, 2.24) is 5.32 Å². The van der Waals surface area contributed by atoms with Crippen molar-refractivity contribution in [3.8, 4) is 0 Å². The zero-order chi connectivity index (χ0) is 63.5. The molecule has 0 aliphatic heterocycles. The van der Waals surface area contributed by atoms with E-state index in [1.54, 1.807) is 0 Å². The Hall–Kier alpha value is -1.92. The summed E-state index contributed by atoms with van der Waals surface area (Å²) in [5.41, 5.74) is 0. The lowest BCUT2D eigenvalue weighted by atomic mass is 10.0. The van der Waals surface area contributed by atoms with E-state index in [-0.39, 0.29) is 18.5 Å². The minimum Gasteiger partial charge on any atom is -0.466 e. The number of ether oxygens (including phenoxy) is 1. The average Bonchev–Trinajstić information content (AvgIpc) is 3.55. The maximum absolute atomic E-state index is 12.6. The van der Waals surface area contributed by atoms with Crippen LogP contribution in [0.3, 0.4) is 0 Å². The molecular formula is C82H157NO5. The second-order valence-corrected chi connectivity index (χ2v) is 27.7. The van der Waals surface area contributed by atoms with Gasteiger partial charge in [0.2, 0.25) is 5.91 Å². The van der Waals surface area contributed by atoms with Gasteiger partial charge in [0.1, 0.15) is 0 Å². The Labute approximate surface area is 551 Å². The smallest absolute Gasteiger partial charge is 0.305 e. The van der Waals surface area contributed by atoms with Gasteiger partial charge < -0.3 is 20.3 Å². The third-order valence-electron chi connectivity index (χ3n) is 18.9. The Morgan fingerprint density at radius 2 is 0.568 bits per heavy atom. The van der Waals surface area contributed by atoms with E-state index in [1.807, 2.05) is 0 Å². The summed E-state index contributed by atoms with van der Waals surface area (Å²) < 4.78 is 5.48. The van der Waals surface area contributed by atoms with Crippen LogP contribution in [0.5, 0.6) is 0 Å². The van der Waals surface area contributed by atoms with Crippen molar-refractivity contribution in [2.24, 2.45) is 0 Å². The van der Waals surface area contributed by atoms with Gasteiger partial charge in [0.15, 0.2) is 0 Å². The van der Waals surface area contributed by atoms with E-state index in [0.717, 1.165) is 51.4 Å². The quantitative estimate of drug-likeness (QED) is 0.0320.